The Hall–Kier alpha value is -1.33. The summed E-state index contributed by atoms with van der Waals surface area (Å²) in [6, 6.07) is 2.05. The first-order valence-electron chi connectivity index (χ1n) is 5.03. The average Bonchev–Trinajstić information content (AvgIpc) is 2.78. The fourth-order valence-electron chi connectivity index (χ4n) is 1.51. The molecule has 0 bridgehead atoms. The summed E-state index contributed by atoms with van der Waals surface area (Å²) < 4.78 is 1.23. The smallest absolute Gasteiger partial charge is 0.287 e. The zero-order chi connectivity index (χ0) is 12.4. The molecule has 0 unspecified atom stereocenters. The zero-order valence-electron chi connectivity index (χ0n) is 9.55. The maximum atomic E-state index is 11.6. The highest BCUT2D eigenvalue weighted by Gasteiger charge is 2.11. The van der Waals surface area contributed by atoms with E-state index in [1.807, 2.05) is 23.4 Å². The molecule has 0 aliphatic carbocycles. The van der Waals surface area contributed by atoms with E-state index in [1.54, 1.807) is 24.6 Å². The van der Waals surface area contributed by atoms with Crippen molar-refractivity contribution in [3.05, 3.63) is 44.0 Å². The quantitative estimate of drug-likeness (QED) is 0.857. The van der Waals surface area contributed by atoms with Crippen molar-refractivity contribution in [3.8, 4) is 0 Å². The highest BCUT2D eigenvalue weighted by molar-refractivity contribution is 7.07. The highest BCUT2D eigenvalue weighted by Crippen LogP contribution is 2.21. The zero-order valence-corrected chi connectivity index (χ0v) is 11.1. The first-order chi connectivity index (χ1) is 8.09. The van der Waals surface area contributed by atoms with Crippen LogP contribution in [0.4, 0.5) is 5.69 Å². The lowest BCUT2D eigenvalue weighted by atomic mass is 10.3. The van der Waals surface area contributed by atoms with Gasteiger partial charge in [-0.15, -0.1) is 0 Å². The number of halogens is 1. The van der Waals surface area contributed by atoms with E-state index in [0.717, 1.165) is 0 Å². The number of rotatable bonds is 3. The van der Waals surface area contributed by atoms with E-state index in [-0.39, 0.29) is 10.6 Å². The maximum Gasteiger partial charge on any atom is 0.287 e. The summed E-state index contributed by atoms with van der Waals surface area (Å²) >= 11 is 7.67. The number of hydrogen-bond donors (Lipinski definition) is 0. The molecule has 0 N–H and O–H groups in total. The topological polar surface area (TPSA) is 38.1 Å². The van der Waals surface area contributed by atoms with Crippen molar-refractivity contribution in [3.63, 3.8) is 0 Å². The number of thiophene rings is 1. The minimum absolute atomic E-state index is 0.209. The normalized spacial score (nSPS) is 10.5. The van der Waals surface area contributed by atoms with Gasteiger partial charge in [0, 0.05) is 20.6 Å². The lowest BCUT2D eigenvalue weighted by Crippen LogP contribution is -2.25. The lowest BCUT2D eigenvalue weighted by Gasteiger charge is -2.19. The van der Waals surface area contributed by atoms with Crippen molar-refractivity contribution < 1.29 is 0 Å². The van der Waals surface area contributed by atoms with Gasteiger partial charge in [-0.05, 0) is 22.4 Å². The summed E-state index contributed by atoms with van der Waals surface area (Å²) in [5.41, 5.74) is 1.57. The number of nitrogens with zero attached hydrogens (tertiary/aromatic N) is 3. The fraction of sp³-hybridized carbons (Fsp3) is 0.273. The Kier molecular flexibility index (Phi) is 3.49. The van der Waals surface area contributed by atoms with Gasteiger partial charge in [0.2, 0.25) is 0 Å². The number of hydrogen-bond acceptors (Lipinski definition) is 4. The molecule has 2 heterocycles. The largest absolute Gasteiger partial charge is 0.368 e. The molecule has 0 amide bonds. The molecule has 17 heavy (non-hydrogen) atoms. The Morgan fingerprint density at radius 3 is 3.00 bits per heavy atom. The fourth-order valence-corrected chi connectivity index (χ4v) is 2.49. The van der Waals surface area contributed by atoms with Gasteiger partial charge in [0.05, 0.1) is 11.9 Å². The van der Waals surface area contributed by atoms with Gasteiger partial charge < -0.3 is 4.90 Å². The van der Waals surface area contributed by atoms with Crippen LogP contribution >= 0.6 is 22.9 Å². The molecular formula is C11H12ClN3OS. The van der Waals surface area contributed by atoms with Crippen LogP contribution in [0.15, 0.2) is 27.8 Å². The van der Waals surface area contributed by atoms with Gasteiger partial charge >= 0.3 is 0 Å². The maximum absolute atomic E-state index is 11.6. The first-order valence-corrected chi connectivity index (χ1v) is 6.35. The Bertz CT molecular complexity index is 565. The van der Waals surface area contributed by atoms with Crippen molar-refractivity contribution in [2.24, 2.45) is 7.05 Å². The molecule has 0 saturated heterocycles. The predicted octanol–water partition coefficient (Wildman–Crippen LogP) is 2.13. The van der Waals surface area contributed by atoms with E-state index in [9.17, 15) is 4.79 Å². The molecule has 4 nitrogen and oxygen atoms in total. The summed E-state index contributed by atoms with van der Waals surface area (Å²) in [6.07, 6.45) is 1.61. The van der Waals surface area contributed by atoms with E-state index in [2.05, 4.69) is 10.5 Å². The van der Waals surface area contributed by atoms with Gasteiger partial charge in [-0.25, -0.2) is 4.68 Å². The van der Waals surface area contributed by atoms with Crippen LogP contribution in [-0.4, -0.2) is 16.8 Å². The molecule has 90 valence electrons. The molecule has 0 aliphatic heterocycles. The molecule has 0 fully saturated rings. The lowest BCUT2D eigenvalue weighted by molar-refractivity contribution is 0.703. The molecule has 6 heteroatoms. The summed E-state index contributed by atoms with van der Waals surface area (Å²) in [6.45, 7) is 0.706. The second-order valence-electron chi connectivity index (χ2n) is 3.76. The van der Waals surface area contributed by atoms with Crippen LogP contribution in [0.3, 0.4) is 0 Å². The van der Waals surface area contributed by atoms with Crippen molar-refractivity contribution >= 4 is 28.6 Å². The Labute approximate surface area is 108 Å². The summed E-state index contributed by atoms with van der Waals surface area (Å²) in [5, 5.41) is 8.27. The molecule has 2 aromatic heterocycles. The van der Waals surface area contributed by atoms with Crippen LogP contribution in [0.25, 0.3) is 0 Å². The molecule has 0 saturated carbocycles. The van der Waals surface area contributed by atoms with Crippen LogP contribution in [0.5, 0.6) is 0 Å². The van der Waals surface area contributed by atoms with E-state index in [1.165, 1.54) is 10.2 Å². The molecular weight excluding hydrogens is 258 g/mol. The Balaban J connectivity index is 2.28. The van der Waals surface area contributed by atoms with Crippen LogP contribution in [0, 0.1) is 0 Å². The van der Waals surface area contributed by atoms with Gasteiger partial charge in [0.15, 0.2) is 0 Å². The molecule has 0 atom stereocenters. The van der Waals surface area contributed by atoms with Gasteiger partial charge in [-0.2, -0.15) is 16.4 Å². The predicted molar refractivity (Wildman–Crippen MR) is 70.9 cm³/mol. The van der Waals surface area contributed by atoms with E-state index < -0.39 is 0 Å². The Morgan fingerprint density at radius 2 is 2.35 bits per heavy atom. The molecule has 0 spiro atoms. The number of anilines is 1. The van der Waals surface area contributed by atoms with Crippen LogP contribution < -0.4 is 10.5 Å². The number of aryl methyl sites for hydroxylation is 1. The highest BCUT2D eigenvalue weighted by atomic mass is 35.5. The molecule has 0 aliphatic rings. The SMILES string of the molecule is CN(Cc1ccsc1)c1cnn(C)c(=O)c1Cl. The third-order valence-electron chi connectivity index (χ3n) is 2.47. The van der Waals surface area contributed by atoms with Gasteiger partial charge in [0.25, 0.3) is 5.56 Å². The van der Waals surface area contributed by atoms with Gasteiger partial charge in [-0.3, -0.25) is 4.79 Å². The van der Waals surface area contributed by atoms with Gasteiger partial charge in [0.1, 0.15) is 5.02 Å². The molecule has 2 rings (SSSR count). The second kappa shape index (κ2) is 4.89. The van der Waals surface area contributed by atoms with E-state index >= 15 is 0 Å². The number of aromatic nitrogens is 2. The minimum atomic E-state index is -0.277. The van der Waals surface area contributed by atoms with Crippen molar-refractivity contribution in [2.45, 2.75) is 6.54 Å². The standard InChI is InChI=1S/C11H12ClN3OS/c1-14(6-8-3-4-17-7-8)9-5-13-15(2)11(16)10(9)12/h3-5,7H,6H2,1-2H3. The van der Waals surface area contributed by atoms with Crippen LogP contribution in [0.2, 0.25) is 5.02 Å². The van der Waals surface area contributed by atoms with Crippen LogP contribution in [0.1, 0.15) is 5.56 Å². The van der Waals surface area contributed by atoms with Crippen molar-refractivity contribution in [2.75, 3.05) is 11.9 Å². The molecule has 2 aromatic rings. The molecule has 0 radical (unpaired) electrons. The summed E-state index contributed by atoms with van der Waals surface area (Å²) in [7, 11) is 3.47. The first kappa shape index (κ1) is 12.1. The average molecular weight is 270 g/mol. The van der Waals surface area contributed by atoms with E-state index in [0.29, 0.717) is 12.2 Å². The molecule has 0 aromatic carbocycles. The monoisotopic (exact) mass is 269 g/mol. The van der Waals surface area contributed by atoms with Gasteiger partial charge in [-0.1, -0.05) is 11.6 Å². The minimum Gasteiger partial charge on any atom is -0.368 e. The third kappa shape index (κ3) is 2.50. The van der Waals surface area contributed by atoms with E-state index in [4.69, 9.17) is 11.6 Å². The van der Waals surface area contributed by atoms with Crippen LogP contribution in [-0.2, 0) is 13.6 Å². The third-order valence-corrected chi connectivity index (χ3v) is 3.56. The van der Waals surface area contributed by atoms with Crippen molar-refractivity contribution in [1.82, 2.24) is 9.78 Å². The van der Waals surface area contributed by atoms with Crippen molar-refractivity contribution in [1.29, 1.82) is 0 Å². The summed E-state index contributed by atoms with van der Waals surface area (Å²) in [4.78, 5) is 13.6. The Morgan fingerprint density at radius 1 is 1.59 bits per heavy atom. The summed E-state index contributed by atoms with van der Waals surface area (Å²) in [5.74, 6) is 0. The second-order valence-corrected chi connectivity index (χ2v) is 4.92.